The molecular weight excluding hydrogens is 392 g/mol. The molecule has 0 saturated carbocycles. The monoisotopic (exact) mass is 418 g/mol. The van der Waals surface area contributed by atoms with Crippen LogP contribution in [-0.4, -0.2) is 44.9 Å². The highest BCUT2D eigenvalue weighted by atomic mass is 32.2. The van der Waals surface area contributed by atoms with E-state index in [-0.39, 0.29) is 16.7 Å². The van der Waals surface area contributed by atoms with Gasteiger partial charge in [-0.2, -0.15) is 4.31 Å². The predicted molar refractivity (Wildman–Crippen MR) is 111 cm³/mol. The topological polar surface area (TPSA) is 84.9 Å². The second-order valence-corrected chi connectivity index (χ2v) is 9.17. The standard InChI is InChI=1S/C21H26N2O5S/c1-16(2)14-21(24)22-19-15-18(29(25,26)23-10-12-27-13-11-23)8-9-20(19)28-17-6-4-3-5-7-17/h3-9,15-16H,10-14H2,1-2H3,(H,22,24). The highest BCUT2D eigenvalue weighted by Crippen LogP contribution is 2.33. The zero-order valence-electron chi connectivity index (χ0n) is 16.6. The van der Waals surface area contributed by atoms with Crippen LogP contribution in [0.25, 0.3) is 0 Å². The minimum absolute atomic E-state index is 0.111. The van der Waals surface area contributed by atoms with E-state index in [0.29, 0.717) is 49.9 Å². The van der Waals surface area contributed by atoms with Gasteiger partial charge in [-0.05, 0) is 36.2 Å². The molecule has 0 spiro atoms. The van der Waals surface area contributed by atoms with Gasteiger partial charge >= 0.3 is 0 Å². The fourth-order valence-electron chi connectivity index (χ4n) is 2.98. The summed E-state index contributed by atoms with van der Waals surface area (Å²) in [6.45, 7) is 5.23. The maximum atomic E-state index is 13.0. The zero-order chi connectivity index (χ0) is 20.9. The van der Waals surface area contributed by atoms with Gasteiger partial charge in [0.1, 0.15) is 5.75 Å². The Hall–Kier alpha value is -2.42. The van der Waals surface area contributed by atoms with Crippen LogP contribution in [0.4, 0.5) is 5.69 Å². The van der Waals surface area contributed by atoms with Crippen molar-refractivity contribution in [2.45, 2.75) is 25.2 Å². The number of hydrogen-bond acceptors (Lipinski definition) is 5. The van der Waals surface area contributed by atoms with Crippen molar-refractivity contribution < 1.29 is 22.7 Å². The normalized spacial score (nSPS) is 15.3. The van der Waals surface area contributed by atoms with Gasteiger partial charge in [0, 0.05) is 19.5 Å². The molecule has 1 aliphatic rings. The molecule has 8 heteroatoms. The third kappa shape index (κ3) is 5.56. The van der Waals surface area contributed by atoms with Crippen molar-refractivity contribution >= 4 is 21.6 Å². The summed E-state index contributed by atoms with van der Waals surface area (Å²) in [5.74, 6) is 0.956. The number of rotatable bonds is 7. The molecule has 0 aromatic heterocycles. The molecule has 0 atom stereocenters. The lowest BCUT2D eigenvalue weighted by molar-refractivity contribution is -0.116. The molecule has 1 heterocycles. The second-order valence-electron chi connectivity index (χ2n) is 7.24. The minimum atomic E-state index is -3.69. The SMILES string of the molecule is CC(C)CC(=O)Nc1cc(S(=O)(=O)N2CCOCC2)ccc1Oc1ccccc1. The van der Waals surface area contributed by atoms with Crippen LogP contribution < -0.4 is 10.1 Å². The van der Waals surface area contributed by atoms with E-state index in [0.717, 1.165) is 0 Å². The van der Waals surface area contributed by atoms with E-state index in [4.69, 9.17) is 9.47 Å². The zero-order valence-corrected chi connectivity index (χ0v) is 17.4. The highest BCUT2D eigenvalue weighted by Gasteiger charge is 2.27. The van der Waals surface area contributed by atoms with Gasteiger partial charge in [-0.25, -0.2) is 8.42 Å². The first kappa shape index (κ1) is 21.3. The van der Waals surface area contributed by atoms with Crippen LogP contribution in [0.5, 0.6) is 11.5 Å². The number of nitrogens with one attached hydrogen (secondary N) is 1. The summed E-state index contributed by atoms with van der Waals surface area (Å²) in [7, 11) is -3.69. The third-order valence-corrected chi connectivity index (χ3v) is 6.29. The molecule has 0 radical (unpaired) electrons. The smallest absolute Gasteiger partial charge is 0.243 e. The largest absolute Gasteiger partial charge is 0.455 e. The molecule has 29 heavy (non-hydrogen) atoms. The molecule has 1 amide bonds. The van der Waals surface area contributed by atoms with E-state index in [1.807, 2.05) is 32.0 Å². The van der Waals surface area contributed by atoms with Crippen LogP contribution in [0.1, 0.15) is 20.3 Å². The summed E-state index contributed by atoms with van der Waals surface area (Å²) < 4.78 is 38.5. The number of anilines is 1. The Morgan fingerprint density at radius 1 is 1.14 bits per heavy atom. The lowest BCUT2D eigenvalue weighted by atomic mass is 10.1. The fourth-order valence-corrected chi connectivity index (χ4v) is 4.41. The van der Waals surface area contributed by atoms with Crippen LogP contribution in [0.2, 0.25) is 0 Å². The highest BCUT2D eigenvalue weighted by molar-refractivity contribution is 7.89. The van der Waals surface area contributed by atoms with Crippen molar-refractivity contribution in [3.63, 3.8) is 0 Å². The Morgan fingerprint density at radius 3 is 2.48 bits per heavy atom. The van der Waals surface area contributed by atoms with E-state index in [2.05, 4.69) is 5.32 Å². The Kier molecular flexibility index (Phi) is 6.89. The molecule has 7 nitrogen and oxygen atoms in total. The number of ether oxygens (including phenoxy) is 2. The van der Waals surface area contributed by atoms with Crippen LogP contribution in [0.15, 0.2) is 53.4 Å². The fraction of sp³-hybridized carbons (Fsp3) is 0.381. The molecule has 1 aliphatic heterocycles. The first-order valence-electron chi connectivity index (χ1n) is 9.61. The Labute approximate surface area is 171 Å². The number of hydrogen-bond donors (Lipinski definition) is 1. The Morgan fingerprint density at radius 2 is 1.83 bits per heavy atom. The average molecular weight is 419 g/mol. The van der Waals surface area contributed by atoms with Gasteiger partial charge in [0.2, 0.25) is 15.9 Å². The quantitative estimate of drug-likeness (QED) is 0.744. The van der Waals surface area contributed by atoms with Crippen molar-refractivity contribution in [1.82, 2.24) is 4.31 Å². The maximum absolute atomic E-state index is 13.0. The van der Waals surface area contributed by atoms with E-state index in [1.165, 1.54) is 16.4 Å². The number of para-hydroxylation sites is 1. The van der Waals surface area contributed by atoms with Crippen molar-refractivity contribution in [2.24, 2.45) is 5.92 Å². The lowest BCUT2D eigenvalue weighted by Gasteiger charge is -2.26. The number of benzene rings is 2. The van der Waals surface area contributed by atoms with Crippen LogP contribution in [0, 0.1) is 5.92 Å². The molecule has 0 bridgehead atoms. The minimum Gasteiger partial charge on any atom is -0.455 e. The van der Waals surface area contributed by atoms with E-state index in [1.54, 1.807) is 18.2 Å². The molecule has 1 saturated heterocycles. The first-order chi connectivity index (χ1) is 13.9. The summed E-state index contributed by atoms with van der Waals surface area (Å²) in [5.41, 5.74) is 0.328. The van der Waals surface area contributed by atoms with Gasteiger partial charge in [-0.3, -0.25) is 4.79 Å². The molecule has 0 aliphatic carbocycles. The number of carbonyl (C=O) groups excluding carboxylic acids is 1. The van der Waals surface area contributed by atoms with Crippen LogP contribution in [-0.2, 0) is 19.6 Å². The predicted octanol–water partition coefficient (Wildman–Crippen LogP) is 3.48. The molecule has 2 aromatic carbocycles. The molecule has 1 N–H and O–H groups in total. The van der Waals surface area contributed by atoms with Gasteiger partial charge in [0.15, 0.2) is 5.75 Å². The molecule has 156 valence electrons. The van der Waals surface area contributed by atoms with Gasteiger partial charge in [0.05, 0.1) is 23.8 Å². The average Bonchev–Trinajstić information content (AvgIpc) is 2.70. The summed E-state index contributed by atoms with van der Waals surface area (Å²) in [5, 5.41) is 2.81. The summed E-state index contributed by atoms with van der Waals surface area (Å²) >= 11 is 0. The molecule has 2 aromatic rings. The molecule has 0 unspecified atom stereocenters. The van der Waals surface area contributed by atoms with E-state index >= 15 is 0 Å². The van der Waals surface area contributed by atoms with E-state index < -0.39 is 10.0 Å². The van der Waals surface area contributed by atoms with Crippen LogP contribution >= 0.6 is 0 Å². The summed E-state index contributed by atoms with van der Waals surface area (Å²) in [6, 6.07) is 13.7. The van der Waals surface area contributed by atoms with Crippen molar-refractivity contribution in [3.8, 4) is 11.5 Å². The van der Waals surface area contributed by atoms with Crippen LogP contribution in [0.3, 0.4) is 0 Å². The molecule has 1 fully saturated rings. The second kappa shape index (κ2) is 9.39. The number of morpholine rings is 1. The number of sulfonamides is 1. The number of amides is 1. The van der Waals surface area contributed by atoms with Crippen molar-refractivity contribution in [3.05, 3.63) is 48.5 Å². The Bertz CT molecular complexity index is 939. The van der Waals surface area contributed by atoms with Gasteiger partial charge in [-0.15, -0.1) is 0 Å². The summed E-state index contributed by atoms with van der Waals surface area (Å²) in [4.78, 5) is 12.5. The first-order valence-corrected chi connectivity index (χ1v) is 11.0. The van der Waals surface area contributed by atoms with Gasteiger partial charge < -0.3 is 14.8 Å². The molecule has 3 rings (SSSR count). The van der Waals surface area contributed by atoms with E-state index in [9.17, 15) is 13.2 Å². The number of carbonyl (C=O) groups is 1. The molecular formula is C21H26N2O5S. The van der Waals surface area contributed by atoms with Gasteiger partial charge in [-0.1, -0.05) is 32.0 Å². The lowest BCUT2D eigenvalue weighted by Crippen LogP contribution is -2.40. The van der Waals surface area contributed by atoms with Crippen molar-refractivity contribution in [1.29, 1.82) is 0 Å². The maximum Gasteiger partial charge on any atom is 0.243 e. The number of nitrogens with zero attached hydrogens (tertiary/aromatic N) is 1. The van der Waals surface area contributed by atoms with Gasteiger partial charge in [0.25, 0.3) is 0 Å². The van der Waals surface area contributed by atoms with Crippen molar-refractivity contribution in [2.75, 3.05) is 31.6 Å². The third-order valence-electron chi connectivity index (χ3n) is 4.40. The Balaban J connectivity index is 1.93. The summed E-state index contributed by atoms with van der Waals surface area (Å²) in [6.07, 6.45) is 0.325.